The lowest BCUT2D eigenvalue weighted by molar-refractivity contribution is 0.0273. The maximum Gasteiger partial charge on any atom is 0.377 e. The highest BCUT2D eigenvalue weighted by molar-refractivity contribution is 7.15. The van der Waals surface area contributed by atoms with Crippen molar-refractivity contribution >= 4 is 40.1 Å². The van der Waals surface area contributed by atoms with Gasteiger partial charge in [-0.1, -0.05) is 35.3 Å². The fourth-order valence-electron chi connectivity index (χ4n) is 3.17. The molecule has 2 aliphatic rings. The number of anilines is 1. The molecule has 2 aromatic rings. The van der Waals surface area contributed by atoms with E-state index in [4.69, 9.17) is 27.2 Å². The van der Waals surface area contributed by atoms with Crippen LogP contribution in [0.4, 0.5) is 9.93 Å². The van der Waals surface area contributed by atoms with E-state index < -0.39 is 23.8 Å². The summed E-state index contributed by atoms with van der Waals surface area (Å²) in [6.07, 6.45) is 9.26. The molecular weight excluding hydrogens is 416 g/mol. The first kappa shape index (κ1) is 19.7. The average Bonchev–Trinajstić information content (AvgIpc) is 3.33. The fraction of sp³-hybridized carbons (Fsp3) is 0.474. The molecule has 1 aliphatic carbocycles. The van der Waals surface area contributed by atoms with Crippen LogP contribution in [0.3, 0.4) is 0 Å². The second-order valence-electron chi connectivity index (χ2n) is 7.47. The predicted molar refractivity (Wildman–Crippen MR) is 107 cm³/mol. The second-order valence-corrected chi connectivity index (χ2v) is 8.87. The molecule has 2 amide bonds. The maximum absolute atomic E-state index is 13.2. The molecule has 2 fully saturated rings. The van der Waals surface area contributed by atoms with Crippen LogP contribution >= 0.6 is 22.9 Å². The molecule has 0 N–H and O–H groups in total. The smallest absolute Gasteiger partial charge is 0.377 e. The first-order valence-corrected chi connectivity index (χ1v) is 10.4. The molecule has 0 bridgehead atoms. The minimum absolute atomic E-state index is 0.0818. The van der Waals surface area contributed by atoms with Gasteiger partial charge in [-0.25, -0.2) is 14.5 Å². The third kappa shape index (κ3) is 3.47. The quantitative estimate of drug-likeness (QED) is 0.524. The Balaban J connectivity index is 1.63. The van der Waals surface area contributed by atoms with Gasteiger partial charge in [-0.2, -0.15) is 0 Å². The average molecular weight is 435 g/mol. The van der Waals surface area contributed by atoms with Gasteiger partial charge in [0, 0.05) is 5.92 Å². The number of aromatic nitrogens is 2. The van der Waals surface area contributed by atoms with Gasteiger partial charge in [0.2, 0.25) is 17.1 Å². The number of ether oxygens (including phenoxy) is 1. The summed E-state index contributed by atoms with van der Waals surface area (Å²) in [4.78, 5) is 28.5. The number of halogens is 1. The van der Waals surface area contributed by atoms with Gasteiger partial charge >= 0.3 is 12.0 Å². The van der Waals surface area contributed by atoms with E-state index in [0.717, 1.165) is 24.3 Å². The van der Waals surface area contributed by atoms with Crippen molar-refractivity contribution in [2.75, 3.05) is 11.4 Å². The summed E-state index contributed by atoms with van der Waals surface area (Å²) >= 11 is 7.29. The van der Waals surface area contributed by atoms with Crippen LogP contribution in [0.25, 0.3) is 0 Å². The SMILES string of the molecule is C#CC(C)(C)N1CC(OC(=O)c2occc2Cl)N(c2nnc(C3CCC3)s2)C1=O. The number of urea groups is 1. The van der Waals surface area contributed by atoms with Crippen LogP contribution in [-0.2, 0) is 4.74 Å². The molecule has 1 aliphatic heterocycles. The number of nitrogens with zero attached hydrogens (tertiary/aromatic N) is 4. The van der Waals surface area contributed by atoms with Gasteiger partial charge in [0.15, 0.2) is 0 Å². The van der Waals surface area contributed by atoms with Gasteiger partial charge in [0.1, 0.15) is 10.5 Å². The highest BCUT2D eigenvalue weighted by atomic mass is 35.5. The van der Waals surface area contributed by atoms with Crippen molar-refractivity contribution in [1.82, 2.24) is 15.1 Å². The molecule has 0 radical (unpaired) electrons. The van der Waals surface area contributed by atoms with Crippen LogP contribution in [-0.4, -0.2) is 45.4 Å². The molecule has 3 heterocycles. The van der Waals surface area contributed by atoms with Gasteiger partial charge < -0.3 is 14.1 Å². The monoisotopic (exact) mass is 434 g/mol. The van der Waals surface area contributed by atoms with Gasteiger partial charge in [-0.15, -0.1) is 16.6 Å². The number of furan rings is 1. The first-order chi connectivity index (χ1) is 13.8. The van der Waals surface area contributed by atoms with Crippen molar-refractivity contribution < 1.29 is 18.7 Å². The molecule has 10 heteroatoms. The Labute approximate surface area is 176 Å². The summed E-state index contributed by atoms with van der Waals surface area (Å²) in [5, 5.41) is 9.81. The van der Waals surface area contributed by atoms with Crippen molar-refractivity contribution in [3.63, 3.8) is 0 Å². The third-order valence-corrected chi connectivity index (χ3v) is 6.61. The Morgan fingerprint density at radius 3 is 2.79 bits per heavy atom. The lowest BCUT2D eigenvalue weighted by Gasteiger charge is -2.29. The van der Waals surface area contributed by atoms with Crippen molar-refractivity contribution in [2.24, 2.45) is 0 Å². The van der Waals surface area contributed by atoms with Crippen LogP contribution in [0.2, 0.25) is 5.02 Å². The number of carbonyl (C=O) groups is 2. The highest BCUT2D eigenvalue weighted by Crippen LogP contribution is 2.41. The van der Waals surface area contributed by atoms with E-state index in [-0.39, 0.29) is 17.3 Å². The molecule has 1 saturated heterocycles. The normalized spacial score (nSPS) is 19.9. The Morgan fingerprint density at radius 2 is 2.21 bits per heavy atom. The topological polar surface area (TPSA) is 88.8 Å². The minimum atomic E-state index is -0.939. The van der Waals surface area contributed by atoms with Crippen molar-refractivity contribution in [3.8, 4) is 12.3 Å². The van der Waals surface area contributed by atoms with Crippen molar-refractivity contribution in [2.45, 2.75) is 50.8 Å². The predicted octanol–water partition coefficient (Wildman–Crippen LogP) is 3.89. The van der Waals surface area contributed by atoms with Crippen LogP contribution in [0, 0.1) is 12.3 Å². The summed E-state index contributed by atoms with van der Waals surface area (Å²) in [6.45, 7) is 3.57. The Hall–Kier alpha value is -2.57. The molecule has 4 rings (SSSR count). The van der Waals surface area contributed by atoms with E-state index in [9.17, 15) is 9.59 Å². The van der Waals surface area contributed by atoms with E-state index in [0.29, 0.717) is 11.0 Å². The highest BCUT2D eigenvalue weighted by Gasteiger charge is 2.48. The molecule has 8 nitrogen and oxygen atoms in total. The van der Waals surface area contributed by atoms with Gasteiger partial charge in [-0.05, 0) is 32.8 Å². The summed E-state index contributed by atoms with van der Waals surface area (Å²) in [5.74, 6) is 2.08. The van der Waals surface area contributed by atoms with Gasteiger partial charge in [0.05, 0.1) is 17.8 Å². The van der Waals surface area contributed by atoms with Gasteiger partial charge in [-0.3, -0.25) is 0 Å². The van der Waals surface area contributed by atoms with Crippen LogP contribution in [0.5, 0.6) is 0 Å². The van der Waals surface area contributed by atoms with Crippen LogP contribution < -0.4 is 4.90 Å². The molecule has 1 atom stereocenters. The second kappa shape index (κ2) is 7.35. The minimum Gasteiger partial charge on any atom is -0.456 e. The zero-order valence-corrected chi connectivity index (χ0v) is 17.5. The van der Waals surface area contributed by atoms with E-state index in [1.54, 1.807) is 13.8 Å². The number of hydrogen-bond acceptors (Lipinski definition) is 7. The van der Waals surface area contributed by atoms with Crippen LogP contribution in [0.1, 0.15) is 54.6 Å². The molecule has 2 aromatic heterocycles. The van der Waals surface area contributed by atoms with E-state index >= 15 is 0 Å². The summed E-state index contributed by atoms with van der Waals surface area (Å²) in [5.41, 5.74) is -0.875. The molecule has 29 heavy (non-hydrogen) atoms. The Kier molecular flexibility index (Phi) is 5.00. The Morgan fingerprint density at radius 1 is 1.45 bits per heavy atom. The zero-order valence-electron chi connectivity index (χ0n) is 15.9. The molecule has 0 aromatic carbocycles. The molecular formula is C19H19ClN4O4S. The maximum atomic E-state index is 13.2. The van der Waals surface area contributed by atoms with Crippen molar-refractivity contribution in [3.05, 3.63) is 28.1 Å². The Bertz CT molecular complexity index is 990. The standard InChI is InChI=1S/C19H19ClN4O4S/c1-4-19(2,3)23-10-13(28-16(25)14-12(20)8-9-27-14)24(18(23)26)17-22-21-15(29-17)11-6-5-7-11/h1,8-9,11,13H,5-7,10H2,2-3H3. The number of carbonyl (C=O) groups excluding carboxylic acids is 2. The molecule has 152 valence electrons. The lowest BCUT2D eigenvalue weighted by Crippen LogP contribution is -2.45. The number of esters is 1. The summed E-state index contributed by atoms with van der Waals surface area (Å²) in [7, 11) is 0. The summed E-state index contributed by atoms with van der Waals surface area (Å²) in [6, 6.07) is 1.05. The lowest BCUT2D eigenvalue weighted by atomic mass is 9.86. The summed E-state index contributed by atoms with van der Waals surface area (Å²) < 4.78 is 10.7. The molecule has 1 unspecified atom stereocenters. The third-order valence-electron chi connectivity index (χ3n) is 5.23. The number of amides is 2. The van der Waals surface area contributed by atoms with E-state index in [1.807, 2.05) is 0 Å². The molecule has 1 saturated carbocycles. The van der Waals surface area contributed by atoms with Crippen molar-refractivity contribution in [1.29, 1.82) is 0 Å². The number of hydrogen-bond donors (Lipinski definition) is 0. The largest absolute Gasteiger partial charge is 0.456 e. The number of terminal acetylenes is 1. The zero-order chi connectivity index (χ0) is 20.8. The van der Waals surface area contributed by atoms with Crippen LogP contribution in [0.15, 0.2) is 16.7 Å². The fourth-order valence-corrected chi connectivity index (χ4v) is 4.39. The van der Waals surface area contributed by atoms with E-state index in [2.05, 4.69) is 16.1 Å². The first-order valence-electron chi connectivity index (χ1n) is 9.18. The molecule has 0 spiro atoms. The van der Waals surface area contributed by atoms with E-state index in [1.165, 1.54) is 33.5 Å². The number of rotatable bonds is 5. The van der Waals surface area contributed by atoms with Gasteiger partial charge in [0.25, 0.3) is 0 Å².